The van der Waals surface area contributed by atoms with Crippen LogP contribution < -0.4 is 5.32 Å². The molecule has 1 aromatic carbocycles. The molecular weight excluding hydrogens is 275 g/mol. The first-order valence-electron chi connectivity index (χ1n) is 6.90. The lowest BCUT2D eigenvalue weighted by atomic mass is 10.1. The van der Waals surface area contributed by atoms with Gasteiger partial charge in [-0.05, 0) is 18.1 Å². The molecule has 112 valence electrons. The normalized spacial score (nSPS) is 18.0. The van der Waals surface area contributed by atoms with E-state index in [0.29, 0.717) is 6.42 Å². The lowest BCUT2D eigenvalue weighted by Crippen LogP contribution is -2.36. The van der Waals surface area contributed by atoms with Gasteiger partial charge in [-0.3, -0.25) is 14.5 Å². The van der Waals surface area contributed by atoms with Crippen molar-refractivity contribution in [1.29, 1.82) is 0 Å². The Hall–Kier alpha value is -2.24. The standard InChI is InChI=1S/C15H17FN2O3/c1-2-5-13-14(20)18(15(21)17-13)9-11(19)8-10-6-3-4-7-12(10)16/h3-4,6-7,13H,2,5,8-9H2,1H3,(H,17,21). The summed E-state index contributed by atoms with van der Waals surface area (Å²) in [5.74, 6) is -1.23. The average Bonchev–Trinajstić information content (AvgIpc) is 2.70. The fraction of sp³-hybridized carbons (Fsp3) is 0.400. The van der Waals surface area contributed by atoms with Crippen LogP contribution in [0.2, 0.25) is 0 Å². The summed E-state index contributed by atoms with van der Waals surface area (Å²) in [7, 11) is 0. The summed E-state index contributed by atoms with van der Waals surface area (Å²) in [6.07, 6.45) is 1.17. The second-order valence-corrected chi connectivity index (χ2v) is 5.02. The average molecular weight is 292 g/mol. The first kappa shape index (κ1) is 15.2. The van der Waals surface area contributed by atoms with Gasteiger partial charge < -0.3 is 5.32 Å². The maximum atomic E-state index is 13.5. The molecule has 1 unspecified atom stereocenters. The number of Topliss-reactive ketones (excluding diaryl/α,β-unsaturated/α-hetero) is 1. The highest BCUT2D eigenvalue weighted by Crippen LogP contribution is 2.12. The fourth-order valence-electron chi connectivity index (χ4n) is 2.30. The van der Waals surface area contributed by atoms with Gasteiger partial charge in [0.1, 0.15) is 11.9 Å². The molecule has 1 heterocycles. The van der Waals surface area contributed by atoms with Crippen molar-refractivity contribution in [1.82, 2.24) is 10.2 Å². The number of carbonyl (C=O) groups is 3. The molecule has 0 spiro atoms. The number of benzene rings is 1. The lowest BCUT2D eigenvalue weighted by molar-refractivity contribution is -0.131. The van der Waals surface area contributed by atoms with Crippen LogP contribution in [0.25, 0.3) is 0 Å². The van der Waals surface area contributed by atoms with Crippen LogP contribution in [0.1, 0.15) is 25.3 Å². The molecular formula is C15H17FN2O3. The minimum atomic E-state index is -0.555. The summed E-state index contributed by atoms with van der Waals surface area (Å²) >= 11 is 0. The largest absolute Gasteiger partial charge is 0.326 e. The smallest absolute Gasteiger partial charge is 0.325 e. The van der Waals surface area contributed by atoms with E-state index in [2.05, 4.69) is 5.32 Å². The Morgan fingerprint density at radius 3 is 2.71 bits per heavy atom. The molecule has 0 radical (unpaired) electrons. The van der Waals surface area contributed by atoms with Crippen LogP contribution in [0.15, 0.2) is 24.3 Å². The number of hydrogen-bond acceptors (Lipinski definition) is 3. The predicted molar refractivity (Wildman–Crippen MR) is 74.1 cm³/mol. The SMILES string of the molecule is CCCC1NC(=O)N(CC(=O)Cc2ccccc2F)C1=O. The number of hydrogen-bond donors (Lipinski definition) is 1. The number of carbonyl (C=O) groups excluding carboxylic acids is 3. The zero-order valence-corrected chi connectivity index (χ0v) is 11.8. The molecule has 1 atom stereocenters. The molecule has 3 amide bonds. The Bertz CT molecular complexity index is 574. The van der Waals surface area contributed by atoms with Crippen molar-refractivity contribution < 1.29 is 18.8 Å². The number of imide groups is 1. The maximum Gasteiger partial charge on any atom is 0.325 e. The molecule has 1 fully saturated rings. The van der Waals surface area contributed by atoms with Crippen LogP contribution in [0.3, 0.4) is 0 Å². The van der Waals surface area contributed by atoms with Gasteiger partial charge in [-0.1, -0.05) is 31.5 Å². The third-order valence-electron chi connectivity index (χ3n) is 3.36. The van der Waals surface area contributed by atoms with Gasteiger partial charge in [0.2, 0.25) is 0 Å². The van der Waals surface area contributed by atoms with Gasteiger partial charge in [0.25, 0.3) is 5.91 Å². The molecule has 6 heteroatoms. The number of nitrogens with zero attached hydrogens (tertiary/aromatic N) is 1. The highest BCUT2D eigenvalue weighted by Gasteiger charge is 2.38. The molecule has 0 aliphatic carbocycles. The highest BCUT2D eigenvalue weighted by atomic mass is 19.1. The number of nitrogens with one attached hydrogen (secondary N) is 1. The van der Waals surface area contributed by atoms with Gasteiger partial charge in [0.05, 0.1) is 6.54 Å². The number of urea groups is 1. The summed E-state index contributed by atoms with van der Waals surface area (Å²) in [6, 6.07) is 4.85. The van der Waals surface area contributed by atoms with Crippen LogP contribution in [0.4, 0.5) is 9.18 Å². The third kappa shape index (κ3) is 3.45. The van der Waals surface area contributed by atoms with Gasteiger partial charge in [-0.25, -0.2) is 9.18 Å². The Morgan fingerprint density at radius 2 is 2.05 bits per heavy atom. The van der Waals surface area contributed by atoms with Gasteiger partial charge in [-0.15, -0.1) is 0 Å². The number of amides is 3. The van der Waals surface area contributed by atoms with Crippen molar-refractivity contribution in [2.45, 2.75) is 32.2 Å². The molecule has 2 rings (SSSR count). The summed E-state index contributed by atoms with van der Waals surface area (Å²) in [5.41, 5.74) is 0.264. The second kappa shape index (κ2) is 6.47. The minimum Gasteiger partial charge on any atom is -0.326 e. The molecule has 21 heavy (non-hydrogen) atoms. The zero-order chi connectivity index (χ0) is 15.4. The molecule has 1 aliphatic rings. The van der Waals surface area contributed by atoms with Crippen molar-refractivity contribution in [3.8, 4) is 0 Å². The van der Waals surface area contributed by atoms with E-state index in [1.807, 2.05) is 6.92 Å². The molecule has 5 nitrogen and oxygen atoms in total. The van der Waals surface area contributed by atoms with Gasteiger partial charge in [0, 0.05) is 6.42 Å². The van der Waals surface area contributed by atoms with Crippen LogP contribution in [-0.2, 0) is 16.0 Å². The Balaban J connectivity index is 1.98. The van der Waals surface area contributed by atoms with Crippen molar-refractivity contribution in [3.63, 3.8) is 0 Å². The summed E-state index contributed by atoms with van der Waals surface area (Å²) < 4.78 is 13.5. The van der Waals surface area contributed by atoms with E-state index in [1.54, 1.807) is 6.07 Å². The molecule has 0 bridgehead atoms. The highest BCUT2D eigenvalue weighted by molar-refractivity contribution is 6.06. The Morgan fingerprint density at radius 1 is 1.33 bits per heavy atom. The zero-order valence-electron chi connectivity index (χ0n) is 11.8. The van der Waals surface area contributed by atoms with E-state index in [9.17, 15) is 18.8 Å². The van der Waals surface area contributed by atoms with E-state index in [4.69, 9.17) is 0 Å². The van der Waals surface area contributed by atoms with Crippen molar-refractivity contribution in [2.75, 3.05) is 6.54 Å². The Kier molecular flexibility index (Phi) is 4.67. The number of rotatable bonds is 6. The van der Waals surface area contributed by atoms with Gasteiger partial charge >= 0.3 is 6.03 Å². The van der Waals surface area contributed by atoms with Crippen LogP contribution in [-0.4, -0.2) is 35.2 Å². The van der Waals surface area contributed by atoms with Crippen LogP contribution >= 0.6 is 0 Å². The maximum absolute atomic E-state index is 13.5. The summed E-state index contributed by atoms with van der Waals surface area (Å²) in [6.45, 7) is 1.59. The molecule has 1 aromatic rings. The van der Waals surface area contributed by atoms with Crippen LogP contribution in [0.5, 0.6) is 0 Å². The van der Waals surface area contributed by atoms with Crippen molar-refractivity contribution >= 4 is 17.7 Å². The summed E-state index contributed by atoms with van der Waals surface area (Å²) in [4.78, 5) is 36.5. The van der Waals surface area contributed by atoms with E-state index in [-0.39, 0.29) is 30.2 Å². The quantitative estimate of drug-likeness (QED) is 0.811. The topological polar surface area (TPSA) is 66.5 Å². The number of ketones is 1. The molecule has 0 saturated carbocycles. The van der Waals surface area contributed by atoms with Gasteiger partial charge in [0.15, 0.2) is 5.78 Å². The van der Waals surface area contributed by atoms with Crippen molar-refractivity contribution in [3.05, 3.63) is 35.6 Å². The van der Waals surface area contributed by atoms with E-state index >= 15 is 0 Å². The monoisotopic (exact) mass is 292 g/mol. The second-order valence-electron chi connectivity index (χ2n) is 5.02. The first-order valence-corrected chi connectivity index (χ1v) is 6.90. The minimum absolute atomic E-state index is 0.137. The fourth-order valence-corrected chi connectivity index (χ4v) is 2.30. The molecule has 1 N–H and O–H groups in total. The van der Waals surface area contributed by atoms with Crippen LogP contribution in [0, 0.1) is 5.82 Å². The van der Waals surface area contributed by atoms with E-state index in [0.717, 1.165) is 11.3 Å². The van der Waals surface area contributed by atoms with E-state index in [1.165, 1.54) is 18.2 Å². The number of halogens is 1. The van der Waals surface area contributed by atoms with E-state index < -0.39 is 17.9 Å². The molecule has 0 aromatic heterocycles. The van der Waals surface area contributed by atoms with Crippen molar-refractivity contribution in [2.24, 2.45) is 0 Å². The predicted octanol–water partition coefficient (Wildman–Crippen LogP) is 1.66. The third-order valence-corrected chi connectivity index (χ3v) is 3.36. The molecule has 1 saturated heterocycles. The molecule has 1 aliphatic heterocycles. The Labute approximate surface area is 122 Å². The first-order chi connectivity index (χ1) is 10.0. The lowest BCUT2D eigenvalue weighted by Gasteiger charge is -2.12. The summed E-state index contributed by atoms with van der Waals surface area (Å²) in [5, 5.41) is 2.55. The van der Waals surface area contributed by atoms with Gasteiger partial charge in [-0.2, -0.15) is 0 Å².